The molecule has 0 aliphatic heterocycles. The molecule has 1 aromatic carbocycles. The highest BCUT2D eigenvalue weighted by molar-refractivity contribution is 7.09. The van der Waals surface area contributed by atoms with Crippen LogP contribution in [0.15, 0.2) is 29.6 Å². The molecule has 2 N–H and O–H groups in total. The van der Waals surface area contributed by atoms with Gasteiger partial charge in [-0.05, 0) is 31.0 Å². The van der Waals surface area contributed by atoms with Crippen LogP contribution in [0.2, 0.25) is 0 Å². The molecular weight excluding hydrogens is 369 g/mol. The van der Waals surface area contributed by atoms with Crippen LogP contribution < -0.4 is 10.1 Å². The van der Waals surface area contributed by atoms with Crippen LogP contribution in [0.3, 0.4) is 0 Å². The van der Waals surface area contributed by atoms with E-state index >= 15 is 0 Å². The maximum atomic E-state index is 13.3. The van der Waals surface area contributed by atoms with Gasteiger partial charge in [0, 0.05) is 17.6 Å². The van der Waals surface area contributed by atoms with Gasteiger partial charge < -0.3 is 15.2 Å². The molecule has 2 rings (SSSR count). The van der Waals surface area contributed by atoms with Crippen molar-refractivity contribution < 1.29 is 27.8 Å². The lowest BCUT2D eigenvalue weighted by molar-refractivity contribution is -0.267. The van der Waals surface area contributed by atoms with Crippen molar-refractivity contribution in [1.82, 2.24) is 10.3 Å². The van der Waals surface area contributed by atoms with Gasteiger partial charge in [-0.25, -0.2) is 4.98 Å². The van der Waals surface area contributed by atoms with Gasteiger partial charge in [0.25, 0.3) is 0 Å². The molecule has 0 aliphatic carbocycles. The van der Waals surface area contributed by atoms with Crippen molar-refractivity contribution in [2.45, 2.75) is 31.5 Å². The molecule has 0 fully saturated rings. The van der Waals surface area contributed by atoms with E-state index in [1.807, 2.05) is 0 Å². The van der Waals surface area contributed by atoms with E-state index in [4.69, 9.17) is 4.74 Å². The van der Waals surface area contributed by atoms with Crippen LogP contribution in [-0.4, -0.2) is 35.8 Å². The Hall–Kier alpha value is -2.13. The third-order valence-electron chi connectivity index (χ3n) is 3.75. The van der Waals surface area contributed by atoms with Crippen LogP contribution in [0.5, 0.6) is 5.75 Å². The van der Waals surface area contributed by atoms with Gasteiger partial charge in [0.15, 0.2) is 0 Å². The summed E-state index contributed by atoms with van der Waals surface area (Å²) in [7, 11) is 1.54. The smallest absolute Gasteiger partial charge is 0.424 e. The van der Waals surface area contributed by atoms with E-state index in [0.29, 0.717) is 29.2 Å². The molecule has 0 saturated heterocycles. The Labute approximate surface area is 152 Å². The Morgan fingerprint density at radius 3 is 2.46 bits per heavy atom. The Bertz CT molecular complexity index is 746. The summed E-state index contributed by atoms with van der Waals surface area (Å²) in [6.07, 6.45) is -5.70. The number of carbonyl (C=O) groups is 1. The number of aliphatic hydroxyl groups is 1. The summed E-state index contributed by atoms with van der Waals surface area (Å²) in [4.78, 5) is 15.7. The molecule has 0 aliphatic rings. The number of aromatic nitrogens is 1. The molecule has 1 amide bonds. The lowest BCUT2D eigenvalue weighted by Gasteiger charge is -2.27. The second kappa shape index (κ2) is 8.05. The zero-order chi connectivity index (χ0) is 19.4. The molecule has 26 heavy (non-hydrogen) atoms. The highest BCUT2D eigenvalue weighted by Gasteiger charge is 2.58. The molecule has 142 valence electrons. The predicted octanol–water partition coefficient (Wildman–Crippen LogP) is 2.96. The van der Waals surface area contributed by atoms with Crippen molar-refractivity contribution in [3.05, 3.63) is 45.9 Å². The number of aryl methyl sites for hydroxylation is 1. The van der Waals surface area contributed by atoms with E-state index in [1.165, 1.54) is 12.3 Å². The maximum Gasteiger partial charge on any atom is 0.424 e. The van der Waals surface area contributed by atoms with Gasteiger partial charge in [0.2, 0.25) is 11.5 Å². The first kappa shape index (κ1) is 20.2. The van der Waals surface area contributed by atoms with E-state index in [-0.39, 0.29) is 6.54 Å². The van der Waals surface area contributed by atoms with Crippen LogP contribution in [0.25, 0.3) is 0 Å². The SMILES string of the molecule is COc1ccc(CCNC(=O)CC(O)(c2nc(C)cs2)C(F)(F)F)cc1. The van der Waals surface area contributed by atoms with Crippen molar-refractivity contribution in [3.8, 4) is 5.75 Å². The fourth-order valence-electron chi connectivity index (χ4n) is 2.27. The van der Waals surface area contributed by atoms with Crippen LogP contribution >= 0.6 is 11.3 Å². The standard InChI is InChI=1S/C17H19F3N2O3S/c1-11-10-26-15(22-11)16(24,17(18,19)20)9-14(23)21-8-7-12-3-5-13(25-2)6-4-12/h3-6,10,24H,7-9H2,1-2H3,(H,21,23). The van der Waals surface area contributed by atoms with E-state index in [2.05, 4.69) is 10.3 Å². The maximum absolute atomic E-state index is 13.3. The average molecular weight is 388 g/mol. The van der Waals surface area contributed by atoms with Crippen molar-refractivity contribution in [1.29, 1.82) is 0 Å². The molecule has 1 aromatic heterocycles. The summed E-state index contributed by atoms with van der Waals surface area (Å²) in [5.74, 6) is -0.210. The van der Waals surface area contributed by atoms with E-state index in [0.717, 1.165) is 5.56 Å². The van der Waals surface area contributed by atoms with Crippen molar-refractivity contribution in [2.75, 3.05) is 13.7 Å². The quantitative estimate of drug-likeness (QED) is 0.765. The number of ether oxygens (including phenoxy) is 1. The third kappa shape index (κ3) is 4.73. The van der Waals surface area contributed by atoms with Gasteiger partial charge in [-0.1, -0.05) is 12.1 Å². The molecule has 1 atom stereocenters. The molecule has 0 saturated carbocycles. The summed E-state index contributed by atoms with van der Waals surface area (Å²) in [5, 5.41) is 13.4. The summed E-state index contributed by atoms with van der Waals surface area (Å²) in [6.45, 7) is 1.67. The molecule has 0 radical (unpaired) electrons. The van der Waals surface area contributed by atoms with E-state index < -0.39 is 29.1 Å². The summed E-state index contributed by atoms with van der Waals surface area (Å²) in [5.41, 5.74) is -2.05. The van der Waals surface area contributed by atoms with Gasteiger partial charge in [-0.2, -0.15) is 13.2 Å². The van der Waals surface area contributed by atoms with Crippen LogP contribution in [0.4, 0.5) is 13.2 Å². The van der Waals surface area contributed by atoms with Crippen LogP contribution in [0, 0.1) is 6.92 Å². The minimum absolute atomic E-state index is 0.149. The number of alkyl halides is 3. The number of methoxy groups -OCH3 is 1. The molecule has 1 unspecified atom stereocenters. The van der Waals surface area contributed by atoms with Crippen molar-refractivity contribution >= 4 is 17.2 Å². The minimum Gasteiger partial charge on any atom is -0.497 e. The molecule has 0 bridgehead atoms. The normalized spacial score (nSPS) is 13.9. The van der Waals surface area contributed by atoms with Crippen molar-refractivity contribution in [3.63, 3.8) is 0 Å². The molecule has 0 spiro atoms. The number of hydrogen-bond acceptors (Lipinski definition) is 5. The number of carbonyl (C=O) groups excluding carboxylic acids is 1. The molecule has 5 nitrogen and oxygen atoms in total. The fourth-order valence-corrected chi connectivity index (χ4v) is 3.19. The van der Waals surface area contributed by atoms with Gasteiger partial charge in [0.05, 0.1) is 13.5 Å². The number of nitrogens with one attached hydrogen (secondary N) is 1. The van der Waals surface area contributed by atoms with Crippen molar-refractivity contribution in [2.24, 2.45) is 0 Å². The largest absolute Gasteiger partial charge is 0.497 e. The lowest BCUT2D eigenvalue weighted by atomic mass is 9.99. The van der Waals surface area contributed by atoms with Gasteiger partial charge in [-0.3, -0.25) is 4.79 Å². The van der Waals surface area contributed by atoms with Gasteiger partial charge >= 0.3 is 6.18 Å². The number of rotatable bonds is 7. The number of halogens is 3. The molecule has 1 heterocycles. The molecule has 2 aromatic rings. The Balaban J connectivity index is 1.97. The van der Waals surface area contributed by atoms with Gasteiger partial charge in [0.1, 0.15) is 10.8 Å². The summed E-state index contributed by atoms with van der Waals surface area (Å²) < 4.78 is 45.1. The molecular formula is C17H19F3N2O3S. The molecule has 9 heteroatoms. The summed E-state index contributed by atoms with van der Waals surface area (Å²) >= 11 is 0.677. The second-order valence-electron chi connectivity index (χ2n) is 5.78. The zero-order valence-corrected chi connectivity index (χ0v) is 15.1. The van der Waals surface area contributed by atoms with Crippen LogP contribution in [0.1, 0.15) is 22.7 Å². The number of thiazole rings is 1. The Morgan fingerprint density at radius 2 is 1.96 bits per heavy atom. The Morgan fingerprint density at radius 1 is 1.31 bits per heavy atom. The number of nitrogens with zero attached hydrogens (tertiary/aromatic N) is 1. The monoisotopic (exact) mass is 388 g/mol. The Kier molecular flexibility index (Phi) is 6.25. The number of hydrogen-bond donors (Lipinski definition) is 2. The highest BCUT2D eigenvalue weighted by Crippen LogP contribution is 2.42. The van der Waals surface area contributed by atoms with E-state index in [1.54, 1.807) is 31.4 Å². The fraction of sp³-hybridized carbons (Fsp3) is 0.412. The van der Waals surface area contributed by atoms with Crippen LogP contribution in [-0.2, 0) is 16.8 Å². The zero-order valence-electron chi connectivity index (χ0n) is 14.3. The first-order valence-corrected chi connectivity index (χ1v) is 8.65. The minimum atomic E-state index is -5.01. The predicted molar refractivity (Wildman–Crippen MR) is 91.1 cm³/mol. The topological polar surface area (TPSA) is 71.5 Å². The second-order valence-corrected chi connectivity index (χ2v) is 6.63. The number of benzene rings is 1. The van der Waals surface area contributed by atoms with E-state index in [9.17, 15) is 23.1 Å². The lowest BCUT2D eigenvalue weighted by Crippen LogP contribution is -2.46. The third-order valence-corrected chi connectivity index (χ3v) is 4.86. The summed E-state index contributed by atoms with van der Waals surface area (Å²) in [6, 6.07) is 7.11. The number of amides is 1. The first-order chi connectivity index (χ1) is 12.2. The van der Waals surface area contributed by atoms with Gasteiger partial charge in [-0.15, -0.1) is 11.3 Å². The first-order valence-electron chi connectivity index (χ1n) is 7.77. The average Bonchev–Trinajstić information content (AvgIpc) is 3.01. The highest BCUT2D eigenvalue weighted by atomic mass is 32.1.